The molecule has 1 aromatic heterocycles. The third kappa shape index (κ3) is 2.01. The van der Waals surface area contributed by atoms with Gasteiger partial charge < -0.3 is 10.6 Å². The average Bonchev–Trinajstić information content (AvgIpc) is 2.31. The van der Waals surface area contributed by atoms with E-state index in [1.54, 1.807) is 6.07 Å². The van der Waals surface area contributed by atoms with Crippen LogP contribution in [0.15, 0.2) is 12.1 Å². The van der Waals surface area contributed by atoms with E-state index in [0.717, 1.165) is 18.9 Å². The van der Waals surface area contributed by atoms with E-state index in [4.69, 9.17) is 11.0 Å². The molecule has 1 saturated heterocycles. The lowest BCUT2D eigenvalue weighted by atomic mass is 10.1. The molecular formula is C11H14N4. The Balaban J connectivity index is 2.25. The predicted octanol–water partition coefficient (Wildman–Crippen LogP) is 1.53. The Kier molecular flexibility index (Phi) is 2.72. The molecule has 2 rings (SSSR count). The molecule has 0 amide bonds. The molecule has 78 valence electrons. The molecule has 1 aromatic rings. The van der Waals surface area contributed by atoms with Crippen molar-refractivity contribution in [1.29, 1.82) is 5.26 Å². The second kappa shape index (κ2) is 4.18. The van der Waals surface area contributed by atoms with Gasteiger partial charge in [-0.15, -0.1) is 0 Å². The average molecular weight is 202 g/mol. The lowest BCUT2D eigenvalue weighted by Crippen LogP contribution is -2.30. The van der Waals surface area contributed by atoms with Gasteiger partial charge in [0.2, 0.25) is 0 Å². The van der Waals surface area contributed by atoms with E-state index in [2.05, 4.69) is 9.88 Å². The highest BCUT2D eigenvalue weighted by molar-refractivity contribution is 5.55. The van der Waals surface area contributed by atoms with E-state index in [-0.39, 0.29) is 0 Å². The maximum absolute atomic E-state index is 8.83. The first-order valence-corrected chi connectivity index (χ1v) is 5.23. The van der Waals surface area contributed by atoms with E-state index in [1.807, 2.05) is 12.1 Å². The highest BCUT2D eigenvalue weighted by atomic mass is 15.2. The molecule has 2 N–H and O–H groups in total. The van der Waals surface area contributed by atoms with Crippen LogP contribution in [0, 0.1) is 11.3 Å². The number of anilines is 2. The second-order valence-electron chi connectivity index (χ2n) is 3.77. The zero-order valence-electron chi connectivity index (χ0n) is 8.61. The molecule has 0 bridgehead atoms. The maximum Gasteiger partial charge on any atom is 0.165 e. The third-order valence-corrected chi connectivity index (χ3v) is 2.70. The van der Waals surface area contributed by atoms with Gasteiger partial charge >= 0.3 is 0 Å². The van der Waals surface area contributed by atoms with Crippen LogP contribution in [0.25, 0.3) is 0 Å². The largest absolute Gasteiger partial charge is 0.396 e. The lowest BCUT2D eigenvalue weighted by molar-refractivity contribution is 0.573. The first-order valence-electron chi connectivity index (χ1n) is 5.23. The summed E-state index contributed by atoms with van der Waals surface area (Å²) in [7, 11) is 0. The van der Waals surface area contributed by atoms with Gasteiger partial charge in [-0.05, 0) is 31.4 Å². The summed E-state index contributed by atoms with van der Waals surface area (Å²) in [6, 6.07) is 5.66. The molecule has 0 atom stereocenters. The second-order valence-corrected chi connectivity index (χ2v) is 3.77. The van der Waals surface area contributed by atoms with Crippen LogP contribution in [0.1, 0.15) is 25.0 Å². The first kappa shape index (κ1) is 9.78. The number of hydrogen-bond acceptors (Lipinski definition) is 4. The van der Waals surface area contributed by atoms with Crippen molar-refractivity contribution in [1.82, 2.24) is 4.98 Å². The Labute approximate surface area is 89.3 Å². The van der Waals surface area contributed by atoms with E-state index in [9.17, 15) is 0 Å². The molecule has 15 heavy (non-hydrogen) atoms. The number of nitrogens with two attached hydrogens (primary N) is 1. The number of rotatable bonds is 1. The third-order valence-electron chi connectivity index (χ3n) is 2.70. The van der Waals surface area contributed by atoms with Crippen molar-refractivity contribution in [2.75, 3.05) is 23.7 Å². The van der Waals surface area contributed by atoms with Crippen LogP contribution in [-0.4, -0.2) is 18.1 Å². The zero-order chi connectivity index (χ0) is 10.7. The fraction of sp³-hybridized carbons (Fsp3) is 0.455. The summed E-state index contributed by atoms with van der Waals surface area (Å²) in [4.78, 5) is 6.47. The van der Waals surface area contributed by atoms with Gasteiger partial charge in [0.05, 0.1) is 5.69 Å². The van der Waals surface area contributed by atoms with Gasteiger partial charge in [-0.25, -0.2) is 4.98 Å². The van der Waals surface area contributed by atoms with Crippen molar-refractivity contribution < 1.29 is 0 Å². The van der Waals surface area contributed by atoms with Gasteiger partial charge in [0.15, 0.2) is 5.69 Å². The molecule has 4 nitrogen and oxygen atoms in total. The van der Waals surface area contributed by atoms with Gasteiger partial charge in [0.1, 0.15) is 11.9 Å². The molecule has 0 aromatic carbocycles. The summed E-state index contributed by atoms with van der Waals surface area (Å²) in [5, 5.41) is 8.83. The van der Waals surface area contributed by atoms with Crippen molar-refractivity contribution in [2.24, 2.45) is 0 Å². The molecule has 0 unspecified atom stereocenters. The van der Waals surface area contributed by atoms with E-state index in [1.165, 1.54) is 19.3 Å². The molecule has 2 heterocycles. The van der Waals surface area contributed by atoms with Gasteiger partial charge in [0.25, 0.3) is 0 Å². The number of piperidine rings is 1. The minimum absolute atomic E-state index is 0.332. The number of nitrogens with zero attached hydrogens (tertiary/aromatic N) is 3. The highest BCUT2D eigenvalue weighted by Gasteiger charge is 2.13. The van der Waals surface area contributed by atoms with Crippen LogP contribution < -0.4 is 10.6 Å². The van der Waals surface area contributed by atoms with Gasteiger partial charge in [-0.3, -0.25) is 0 Å². The standard InChI is InChI=1S/C11H14N4/c12-8-10-9(13)4-5-11(14-10)15-6-2-1-3-7-15/h4-5H,1-3,6-7,13H2. The van der Waals surface area contributed by atoms with E-state index in [0.29, 0.717) is 11.4 Å². The van der Waals surface area contributed by atoms with Gasteiger partial charge in [-0.2, -0.15) is 5.26 Å². The van der Waals surface area contributed by atoms with Crippen LogP contribution in [0.3, 0.4) is 0 Å². The fourth-order valence-electron chi connectivity index (χ4n) is 1.85. The normalized spacial score (nSPS) is 16.1. The Morgan fingerprint density at radius 3 is 2.67 bits per heavy atom. The number of hydrogen-bond donors (Lipinski definition) is 1. The van der Waals surface area contributed by atoms with Crippen molar-refractivity contribution in [3.8, 4) is 6.07 Å². The van der Waals surface area contributed by atoms with Gasteiger partial charge in [-0.1, -0.05) is 0 Å². The SMILES string of the molecule is N#Cc1nc(N2CCCCC2)ccc1N. The van der Waals surface area contributed by atoms with Crippen molar-refractivity contribution >= 4 is 11.5 Å². The smallest absolute Gasteiger partial charge is 0.165 e. The molecule has 1 fully saturated rings. The van der Waals surface area contributed by atoms with Crippen LogP contribution >= 0.6 is 0 Å². The number of aromatic nitrogens is 1. The highest BCUT2D eigenvalue weighted by Crippen LogP contribution is 2.20. The Bertz CT molecular complexity index is 388. The van der Waals surface area contributed by atoms with Crippen molar-refractivity contribution in [3.63, 3.8) is 0 Å². The summed E-state index contributed by atoms with van der Waals surface area (Å²) in [5.41, 5.74) is 6.41. The number of pyridine rings is 1. The van der Waals surface area contributed by atoms with Gasteiger partial charge in [0, 0.05) is 13.1 Å². The van der Waals surface area contributed by atoms with E-state index >= 15 is 0 Å². The summed E-state index contributed by atoms with van der Waals surface area (Å²) < 4.78 is 0. The van der Waals surface area contributed by atoms with Crippen LogP contribution in [0.5, 0.6) is 0 Å². The fourth-order valence-corrected chi connectivity index (χ4v) is 1.85. The minimum atomic E-state index is 0.332. The number of nitrogen functional groups attached to an aromatic ring is 1. The predicted molar refractivity (Wildman–Crippen MR) is 59.4 cm³/mol. The Hall–Kier alpha value is -1.76. The quantitative estimate of drug-likeness (QED) is 0.750. The number of nitriles is 1. The summed E-state index contributed by atoms with van der Waals surface area (Å²) in [6.45, 7) is 2.06. The maximum atomic E-state index is 8.83. The lowest BCUT2D eigenvalue weighted by Gasteiger charge is -2.27. The molecule has 0 radical (unpaired) electrons. The van der Waals surface area contributed by atoms with Crippen LogP contribution in [-0.2, 0) is 0 Å². The Morgan fingerprint density at radius 1 is 1.27 bits per heavy atom. The van der Waals surface area contributed by atoms with Crippen LogP contribution in [0.4, 0.5) is 11.5 Å². The van der Waals surface area contributed by atoms with E-state index < -0.39 is 0 Å². The van der Waals surface area contributed by atoms with Crippen molar-refractivity contribution in [3.05, 3.63) is 17.8 Å². The molecular weight excluding hydrogens is 188 g/mol. The molecule has 0 saturated carbocycles. The Morgan fingerprint density at radius 2 is 2.00 bits per heavy atom. The summed E-state index contributed by atoms with van der Waals surface area (Å²) >= 11 is 0. The molecule has 1 aliphatic heterocycles. The topological polar surface area (TPSA) is 65.9 Å². The molecule has 4 heteroatoms. The monoisotopic (exact) mass is 202 g/mol. The van der Waals surface area contributed by atoms with Crippen LogP contribution in [0.2, 0.25) is 0 Å². The summed E-state index contributed by atoms with van der Waals surface area (Å²) in [6.07, 6.45) is 3.69. The molecule has 1 aliphatic rings. The first-order chi connectivity index (χ1) is 7.31. The van der Waals surface area contributed by atoms with Crippen molar-refractivity contribution in [2.45, 2.75) is 19.3 Å². The summed E-state index contributed by atoms with van der Waals surface area (Å²) in [5.74, 6) is 0.875. The molecule has 0 spiro atoms. The zero-order valence-corrected chi connectivity index (χ0v) is 8.61. The molecule has 0 aliphatic carbocycles. The minimum Gasteiger partial charge on any atom is -0.396 e.